The van der Waals surface area contributed by atoms with Crippen LogP contribution in [-0.2, 0) is 32.6 Å². The van der Waals surface area contributed by atoms with Crippen molar-refractivity contribution >= 4 is 66.7 Å². The molecule has 0 heterocycles. The maximum atomic E-state index is 14.6. The summed E-state index contributed by atoms with van der Waals surface area (Å²) in [5.41, 5.74) is 1.71. The van der Waals surface area contributed by atoms with Gasteiger partial charge in [-0.05, 0) is 92.1 Å². The lowest BCUT2D eigenvalue weighted by Gasteiger charge is -2.34. The quantitative estimate of drug-likeness (QED) is 0.133. The smallest absolute Gasteiger partial charge is 0.264 e. The second-order valence-corrected chi connectivity index (χ2v) is 14.8. The average molecular weight is 776 g/mol. The number of benzene rings is 4. The molecule has 2 unspecified atom stereocenters. The Balaban J connectivity index is 1.82. The third-order valence-corrected chi connectivity index (χ3v) is 10.8. The molecule has 254 valence electrons. The average Bonchev–Trinajstić information content (AvgIpc) is 3.07. The van der Waals surface area contributed by atoms with Crippen molar-refractivity contribution in [1.29, 1.82) is 0 Å². The molecule has 2 amide bonds. The molecule has 0 aliphatic heterocycles. The minimum Gasteiger partial charge on any atom is -0.494 e. The summed E-state index contributed by atoms with van der Waals surface area (Å²) in [6, 6.07) is 25.9. The summed E-state index contributed by atoms with van der Waals surface area (Å²) in [4.78, 5) is 30.0. The first-order valence-electron chi connectivity index (χ1n) is 15.5. The Morgan fingerprint density at radius 1 is 0.875 bits per heavy atom. The van der Waals surface area contributed by atoms with Crippen LogP contribution in [-0.4, -0.2) is 50.4 Å². The molecule has 0 aromatic heterocycles. The van der Waals surface area contributed by atoms with Crippen molar-refractivity contribution in [2.45, 2.75) is 57.1 Å². The standard InChI is InChI=1S/C36H38BrCl2N3O5S/c1-4-25(3)40-36(44)34(22-26-9-7-6-8-10-26)41(23-27-11-20-32(38)33(39)21-27)35(43)24-42(29-14-16-30(17-15-29)47-5-2)48(45,46)31-18-12-28(37)13-19-31/h6-21,25,34H,4-5,22-24H2,1-3H3,(H,40,44). The number of anilines is 1. The molecule has 0 saturated heterocycles. The van der Waals surface area contributed by atoms with E-state index in [9.17, 15) is 18.0 Å². The summed E-state index contributed by atoms with van der Waals surface area (Å²) in [6.45, 7) is 5.51. The van der Waals surface area contributed by atoms with Crippen LogP contribution in [0, 0.1) is 0 Å². The fourth-order valence-corrected chi connectivity index (χ4v) is 6.97. The van der Waals surface area contributed by atoms with Crippen LogP contribution in [0.3, 0.4) is 0 Å². The number of amides is 2. The molecule has 4 aromatic carbocycles. The van der Waals surface area contributed by atoms with Crippen molar-refractivity contribution in [2.24, 2.45) is 0 Å². The zero-order valence-corrected chi connectivity index (χ0v) is 30.8. The molecule has 1 N–H and O–H groups in total. The van der Waals surface area contributed by atoms with Gasteiger partial charge in [0.25, 0.3) is 10.0 Å². The molecule has 0 bridgehead atoms. The number of carbonyl (C=O) groups excluding carboxylic acids is 2. The number of halogens is 3. The zero-order chi connectivity index (χ0) is 34.8. The van der Waals surface area contributed by atoms with Crippen molar-refractivity contribution in [3.05, 3.63) is 123 Å². The second kappa shape index (κ2) is 17.2. The van der Waals surface area contributed by atoms with E-state index in [0.29, 0.717) is 38.9 Å². The summed E-state index contributed by atoms with van der Waals surface area (Å²) in [5, 5.41) is 3.66. The molecular formula is C36H38BrCl2N3O5S. The highest BCUT2D eigenvalue weighted by Crippen LogP contribution is 2.29. The molecule has 0 saturated carbocycles. The van der Waals surface area contributed by atoms with Gasteiger partial charge in [-0.2, -0.15) is 0 Å². The van der Waals surface area contributed by atoms with Crippen LogP contribution in [0.15, 0.2) is 106 Å². The van der Waals surface area contributed by atoms with E-state index in [2.05, 4.69) is 21.2 Å². The Hall–Kier alpha value is -3.57. The van der Waals surface area contributed by atoms with Gasteiger partial charge in [0.15, 0.2) is 0 Å². The fourth-order valence-electron chi connectivity index (χ4n) is 4.97. The van der Waals surface area contributed by atoms with Crippen molar-refractivity contribution in [3.63, 3.8) is 0 Å². The Bertz CT molecular complexity index is 1790. The first kappa shape index (κ1) is 37.3. The van der Waals surface area contributed by atoms with Gasteiger partial charge in [0.2, 0.25) is 11.8 Å². The van der Waals surface area contributed by atoms with Crippen LogP contribution >= 0.6 is 39.1 Å². The zero-order valence-electron chi connectivity index (χ0n) is 26.9. The van der Waals surface area contributed by atoms with E-state index in [1.54, 1.807) is 54.6 Å². The topological polar surface area (TPSA) is 96.0 Å². The molecule has 12 heteroatoms. The maximum Gasteiger partial charge on any atom is 0.264 e. The summed E-state index contributed by atoms with van der Waals surface area (Å²) >= 11 is 15.9. The van der Waals surface area contributed by atoms with Gasteiger partial charge in [-0.15, -0.1) is 0 Å². The first-order valence-corrected chi connectivity index (χ1v) is 18.5. The van der Waals surface area contributed by atoms with Crippen molar-refractivity contribution in [2.75, 3.05) is 17.5 Å². The van der Waals surface area contributed by atoms with Crippen molar-refractivity contribution < 1.29 is 22.7 Å². The van der Waals surface area contributed by atoms with E-state index < -0.39 is 28.5 Å². The molecule has 4 rings (SSSR count). The number of carbonyl (C=O) groups is 2. The van der Waals surface area contributed by atoms with E-state index in [0.717, 1.165) is 9.87 Å². The summed E-state index contributed by atoms with van der Waals surface area (Å²) in [6.07, 6.45) is 0.875. The van der Waals surface area contributed by atoms with Gasteiger partial charge in [0, 0.05) is 23.5 Å². The van der Waals surface area contributed by atoms with Gasteiger partial charge >= 0.3 is 0 Å². The van der Waals surface area contributed by atoms with Gasteiger partial charge in [-0.1, -0.05) is 82.5 Å². The molecule has 2 atom stereocenters. The van der Waals surface area contributed by atoms with E-state index in [1.165, 1.54) is 17.0 Å². The molecule has 48 heavy (non-hydrogen) atoms. The lowest BCUT2D eigenvalue weighted by molar-refractivity contribution is -0.140. The van der Waals surface area contributed by atoms with E-state index in [-0.39, 0.29) is 35.5 Å². The van der Waals surface area contributed by atoms with Gasteiger partial charge in [-0.3, -0.25) is 13.9 Å². The van der Waals surface area contributed by atoms with E-state index >= 15 is 0 Å². The number of hydrogen-bond donors (Lipinski definition) is 1. The third kappa shape index (κ3) is 9.75. The highest BCUT2D eigenvalue weighted by atomic mass is 79.9. The van der Waals surface area contributed by atoms with Crippen LogP contribution in [0.4, 0.5) is 5.69 Å². The van der Waals surface area contributed by atoms with E-state index in [4.69, 9.17) is 27.9 Å². The Morgan fingerprint density at radius 2 is 1.54 bits per heavy atom. The number of sulfonamides is 1. The number of ether oxygens (including phenoxy) is 1. The monoisotopic (exact) mass is 773 g/mol. The normalized spacial score (nSPS) is 12.5. The van der Waals surface area contributed by atoms with Crippen LogP contribution in [0.25, 0.3) is 0 Å². The van der Waals surface area contributed by atoms with Crippen molar-refractivity contribution in [3.8, 4) is 5.75 Å². The predicted molar refractivity (Wildman–Crippen MR) is 195 cm³/mol. The van der Waals surface area contributed by atoms with Gasteiger partial charge in [0.05, 0.1) is 27.2 Å². The van der Waals surface area contributed by atoms with Gasteiger partial charge in [0.1, 0.15) is 18.3 Å². The Kier molecular flexibility index (Phi) is 13.3. The number of nitrogens with zero attached hydrogens (tertiary/aromatic N) is 2. The molecule has 0 fully saturated rings. The first-order chi connectivity index (χ1) is 22.9. The summed E-state index contributed by atoms with van der Waals surface area (Å²) in [7, 11) is -4.25. The molecule has 8 nitrogen and oxygen atoms in total. The molecule has 0 aliphatic carbocycles. The Morgan fingerprint density at radius 3 is 2.15 bits per heavy atom. The van der Waals surface area contributed by atoms with Crippen LogP contribution in [0.1, 0.15) is 38.3 Å². The highest BCUT2D eigenvalue weighted by Gasteiger charge is 2.35. The van der Waals surface area contributed by atoms with E-state index in [1.807, 2.05) is 51.1 Å². The lowest BCUT2D eigenvalue weighted by Crippen LogP contribution is -2.54. The van der Waals surface area contributed by atoms with Gasteiger partial charge in [-0.25, -0.2) is 8.42 Å². The minimum atomic E-state index is -4.25. The van der Waals surface area contributed by atoms with Gasteiger partial charge < -0.3 is 15.0 Å². The minimum absolute atomic E-state index is 0.00114. The fraction of sp³-hybridized carbons (Fsp3) is 0.278. The number of rotatable bonds is 15. The summed E-state index contributed by atoms with van der Waals surface area (Å²) in [5.74, 6) is -0.389. The Labute approximate surface area is 301 Å². The number of hydrogen-bond acceptors (Lipinski definition) is 5. The molecular weight excluding hydrogens is 737 g/mol. The largest absolute Gasteiger partial charge is 0.494 e. The number of nitrogens with one attached hydrogen (secondary N) is 1. The highest BCUT2D eigenvalue weighted by molar-refractivity contribution is 9.10. The van der Waals surface area contributed by atoms with Crippen molar-refractivity contribution in [1.82, 2.24) is 10.2 Å². The summed E-state index contributed by atoms with van der Waals surface area (Å²) < 4.78 is 35.8. The van der Waals surface area contributed by atoms with Crippen LogP contribution < -0.4 is 14.4 Å². The molecule has 0 radical (unpaired) electrons. The predicted octanol–water partition coefficient (Wildman–Crippen LogP) is 7.90. The maximum absolute atomic E-state index is 14.6. The molecule has 0 aliphatic rings. The SMILES string of the molecule is CCOc1ccc(N(CC(=O)N(Cc2ccc(Cl)c(Cl)c2)C(Cc2ccccc2)C(=O)NC(C)CC)S(=O)(=O)c2ccc(Br)cc2)cc1. The third-order valence-electron chi connectivity index (χ3n) is 7.73. The second-order valence-electron chi connectivity index (χ2n) is 11.2. The molecule has 0 spiro atoms. The van der Waals surface area contributed by atoms with Crippen LogP contribution in [0.2, 0.25) is 10.0 Å². The van der Waals surface area contributed by atoms with Crippen LogP contribution in [0.5, 0.6) is 5.75 Å². The lowest BCUT2D eigenvalue weighted by atomic mass is 10.0. The molecule has 4 aromatic rings.